The fourth-order valence-corrected chi connectivity index (χ4v) is 2.17. The minimum atomic E-state index is 0.662. The van der Waals surface area contributed by atoms with Crippen molar-refractivity contribution in [3.63, 3.8) is 0 Å². The van der Waals surface area contributed by atoms with E-state index in [1.807, 2.05) is 20.0 Å². The predicted octanol–water partition coefficient (Wildman–Crippen LogP) is 3.13. The van der Waals surface area contributed by atoms with Gasteiger partial charge in [-0.2, -0.15) is 0 Å². The van der Waals surface area contributed by atoms with Crippen LogP contribution in [0, 0.1) is 6.92 Å². The highest BCUT2D eigenvalue weighted by Gasteiger charge is 2.07. The van der Waals surface area contributed by atoms with Crippen molar-refractivity contribution < 1.29 is 4.42 Å². The van der Waals surface area contributed by atoms with Crippen LogP contribution >= 0.6 is 15.9 Å². The molecule has 0 aliphatic heterocycles. The summed E-state index contributed by atoms with van der Waals surface area (Å²) in [5.74, 6) is 0.662. The maximum Gasteiger partial charge on any atom is 0.226 e. The zero-order chi connectivity index (χ0) is 11.5. The standard InChI is InChI=1S/C12H13BrN2O/c1-8-3-9(5-10(13)4-8)12-15-11(6-14-2)7-16-12/h3-5,7,14H,6H2,1-2H3. The average molecular weight is 281 g/mol. The van der Waals surface area contributed by atoms with Gasteiger partial charge in [0.1, 0.15) is 6.26 Å². The smallest absolute Gasteiger partial charge is 0.226 e. The number of nitrogens with one attached hydrogen (secondary N) is 1. The molecule has 0 unspecified atom stereocenters. The number of hydrogen-bond acceptors (Lipinski definition) is 3. The van der Waals surface area contributed by atoms with Crippen LogP contribution in [-0.4, -0.2) is 12.0 Å². The van der Waals surface area contributed by atoms with E-state index in [9.17, 15) is 0 Å². The molecule has 2 aromatic rings. The van der Waals surface area contributed by atoms with Crippen molar-refractivity contribution in [1.29, 1.82) is 0 Å². The van der Waals surface area contributed by atoms with E-state index in [4.69, 9.17) is 4.42 Å². The van der Waals surface area contributed by atoms with Gasteiger partial charge in [0, 0.05) is 16.6 Å². The summed E-state index contributed by atoms with van der Waals surface area (Å²) in [7, 11) is 1.89. The summed E-state index contributed by atoms with van der Waals surface area (Å²) in [6.45, 7) is 2.77. The van der Waals surface area contributed by atoms with Crippen LogP contribution in [0.2, 0.25) is 0 Å². The number of rotatable bonds is 3. The zero-order valence-electron chi connectivity index (χ0n) is 9.25. The van der Waals surface area contributed by atoms with E-state index in [-0.39, 0.29) is 0 Å². The number of hydrogen-bond donors (Lipinski definition) is 1. The Morgan fingerprint density at radius 3 is 2.88 bits per heavy atom. The van der Waals surface area contributed by atoms with Gasteiger partial charge in [-0.05, 0) is 37.7 Å². The summed E-state index contributed by atoms with van der Waals surface area (Å²) in [6, 6.07) is 6.11. The van der Waals surface area contributed by atoms with Crippen LogP contribution in [0.5, 0.6) is 0 Å². The van der Waals surface area contributed by atoms with Gasteiger partial charge in [-0.3, -0.25) is 0 Å². The van der Waals surface area contributed by atoms with Crippen LogP contribution in [0.25, 0.3) is 11.5 Å². The fourth-order valence-electron chi connectivity index (χ4n) is 1.56. The predicted molar refractivity (Wildman–Crippen MR) is 67.1 cm³/mol. The molecule has 0 fully saturated rings. The molecule has 1 aromatic heterocycles. The Morgan fingerprint density at radius 2 is 2.19 bits per heavy atom. The summed E-state index contributed by atoms with van der Waals surface area (Å²) in [5.41, 5.74) is 3.09. The third kappa shape index (κ3) is 2.51. The maximum absolute atomic E-state index is 5.44. The highest BCUT2D eigenvalue weighted by atomic mass is 79.9. The topological polar surface area (TPSA) is 38.1 Å². The van der Waals surface area contributed by atoms with Gasteiger partial charge >= 0.3 is 0 Å². The quantitative estimate of drug-likeness (QED) is 0.939. The molecule has 2 rings (SSSR count). The molecule has 3 nitrogen and oxygen atoms in total. The highest BCUT2D eigenvalue weighted by Crippen LogP contribution is 2.24. The molecule has 0 atom stereocenters. The first-order valence-corrected chi connectivity index (χ1v) is 5.85. The van der Waals surface area contributed by atoms with Crippen molar-refractivity contribution in [1.82, 2.24) is 10.3 Å². The second-order valence-electron chi connectivity index (χ2n) is 3.69. The van der Waals surface area contributed by atoms with Crippen molar-refractivity contribution in [2.24, 2.45) is 0 Å². The molecule has 0 saturated heterocycles. The van der Waals surface area contributed by atoms with E-state index >= 15 is 0 Å². The number of aryl methyl sites for hydroxylation is 1. The third-order valence-electron chi connectivity index (χ3n) is 2.20. The van der Waals surface area contributed by atoms with E-state index in [0.29, 0.717) is 5.89 Å². The summed E-state index contributed by atoms with van der Waals surface area (Å²) in [6.07, 6.45) is 1.68. The van der Waals surface area contributed by atoms with Gasteiger partial charge < -0.3 is 9.73 Å². The first kappa shape index (κ1) is 11.4. The Bertz CT molecular complexity index is 473. The van der Waals surface area contributed by atoms with Gasteiger partial charge in [0.25, 0.3) is 0 Å². The lowest BCUT2D eigenvalue weighted by Gasteiger charge is -1.99. The molecule has 1 heterocycles. The SMILES string of the molecule is CNCc1coc(-c2cc(C)cc(Br)c2)n1. The molecule has 1 aromatic carbocycles. The lowest BCUT2D eigenvalue weighted by Crippen LogP contribution is -2.04. The van der Waals surface area contributed by atoms with Crippen LogP contribution in [0.4, 0.5) is 0 Å². The molecule has 84 valence electrons. The first-order valence-electron chi connectivity index (χ1n) is 5.05. The summed E-state index contributed by atoms with van der Waals surface area (Å²) in [4.78, 5) is 4.40. The Hall–Kier alpha value is -1.13. The molecule has 0 bridgehead atoms. The first-order chi connectivity index (χ1) is 7.69. The molecule has 0 radical (unpaired) electrons. The fraction of sp³-hybridized carbons (Fsp3) is 0.250. The summed E-state index contributed by atoms with van der Waals surface area (Å²) >= 11 is 3.47. The Kier molecular flexibility index (Phi) is 3.41. The van der Waals surface area contributed by atoms with Crippen LogP contribution in [0.15, 0.2) is 33.4 Å². The number of oxazole rings is 1. The van der Waals surface area contributed by atoms with Crippen LogP contribution in [0.3, 0.4) is 0 Å². The highest BCUT2D eigenvalue weighted by molar-refractivity contribution is 9.10. The molecule has 4 heteroatoms. The van der Waals surface area contributed by atoms with Gasteiger partial charge in [-0.15, -0.1) is 0 Å². The van der Waals surface area contributed by atoms with Gasteiger partial charge in [0.15, 0.2) is 0 Å². The summed E-state index contributed by atoms with van der Waals surface area (Å²) in [5, 5.41) is 3.04. The third-order valence-corrected chi connectivity index (χ3v) is 2.66. The molecule has 1 N–H and O–H groups in total. The molecule has 16 heavy (non-hydrogen) atoms. The Balaban J connectivity index is 2.34. The largest absolute Gasteiger partial charge is 0.444 e. The van der Waals surface area contributed by atoms with Gasteiger partial charge in [-0.1, -0.05) is 15.9 Å². The minimum Gasteiger partial charge on any atom is -0.444 e. The van der Waals surface area contributed by atoms with Gasteiger partial charge in [0.2, 0.25) is 5.89 Å². The van der Waals surface area contributed by atoms with Crippen molar-refractivity contribution >= 4 is 15.9 Å². The molecule has 0 saturated carbocycles. The van der Waals surface area contributed by atoms with E-state index in [0.717, 1.165) is 22.3 Å². The molecule has 0 spiro atoms. The monoisotopic (exact) mass is 280 g/mol. The molecular weight excluding hydrogens is 268 g/mol. The lowest BCUT2D eigenvalue weighted by molar-refractivity contribution is 0.571. The van der Waals surface area contributed by atoms with Crippen LogP contribution in [0.1, 0.15) is 11.3 Å². The van der Waals surface area contributed by atoms with Crippen LogP contribution < -0.4 is 5.32 Å². The van der Waals surface area contributed by atoms with Crippen molar-refractivity contribution in [2.45, 2.75) is 13.5 Å². The number of aromatic nitrogens is 1. The van der Waals surface area contributed by atoms with Crippen molar-refractivity contribution in [3.8, 4) is 11.5 Å². The Labute approximate surface area is 103 Å². The molecule has 0 amide bonds. The molecular formula is C12H13BrN2O. The van der Waals surface area contributed by atoms with Gasteiger partial charge in [-0.25, -0.2) is 4.98 Å². The second-order valence-corrected chi connectivity index (χ2v) is 4.61. The summed E-state index contributed by atoms with van der Waals surface area (Å²) < 4.78 is 6.48. The van der Waals surface area contributed by atoms with E-state index in [1.54, 1.807) is 6.26 Å². The molecule has 0 aliphatic carbocycles. The van der Waals surface area contributed by atoms with Crippen molar-refractivity contribution in [3.05, 3.63) is 40.2 Å². The van der Waals surface area contributed by atoms with E-state index in [2.05, 4.69) is 38.4 Å². The van der Waals surface area contributed by atoms with Gasteiger partial charge in [0.05, 0.1) is 5.69 Å². The average Bonchev–Trinajstić information content (AvgIpc) is 2.65. The number of halogens is 1. The normalized spacial score (nSPS) is 10.7. The maximum atomic E-state index is 5.44. The van der Waals surface area contributed by atoms with E-state index in [1.165, 1.54) is 5.56 Å². The second kappa shape index (κ2) is 4.80. The zero-order valence-corrected chi connectivity index (χ0v) is 10.8. The Morgan fingerprint density at radius 1 is 1.38 bits per heavy atom. The lowest BCUT2D eigenvalue weighted by atomic mass is 10.1. The van der Waals surface area contributed by atoms with Crippen molar-refractivity contribution in [2.75, 3.05) is 7.05 Å². The number of benzene rings is 1. The molecule has 0 aliphatic rings. The minimum absolute atomic E-state index is 0.662. The van der Waals surface area contributed by atoms with E-state index < -0.39 is 0 Å². The van der Waals surface area contributed by atoms with Crippen LogP contribution in [-0.2, 0) is 6.54 Å². The number of nitrogens with zero attached hydrogens (tertiary/aromatic N) is 1.